The van der Waals surface area contributed by atoms with E-state index in [4.69, 9.17) is 10.2 Å². The molecule has 2 atom stereocenters. The van der Waals surface area contributed by atoms with Crippen molar-refractivity contribution in [2.24, 2.45) is 0 Å². The van der Waals surface area contributed by atoms with E-state index in [-0.39, 0.29) is 6.03 Å². The number of carbonyl (C=O) groups is 2. The molecule has 2 N–H and O–H groups in total. The third kappa shape index (κ3) is 3.59. The topological polar surface area (TPSA) is 81.1 Å². The summed E-state index contributed by atoms with van der Waals surface area (Å²) in [6, 6.07) is -0.966. The van der Waals surface area contributed by atoms with Gasteiger partial charge in [0.1, 0.15) is 6.04 Å². The third-order valence-corrected chi connectivity index (χ3v) is 2.99. The number of carbonyl (C=O) groups excluding carboxylic acids is 1. The molecule has 0 bridgehead atoms. The monoisotopic (exact) mass is 244 g/mol. The van der Waals surface area contributed by atoms with Crippen molar-refractivity contribution in [1.82, 2.24) is 9.80 Å². The molecule has 1 rings (SSSR count). The second-order valence-corrected chi connectivity index (χ2v) is 4.53. The number of aliphatic carboxylic acids is 1. The summed E-state index contributed by atoms with van der Waals surface area (Å²) in [5, 5.41) is 18.1. The lowest BCUT2D eigenvalue weighted by molar-refractivity contribution is -0.141. The number of hydrogen-bond donors (Lipinski definition) is 2. The highest BCUT2D eigenvalue weighted by Crippen LogP contribution is 2.19. The van der Waals surface area contributed by atoms with Crippen molar-refractivity contribution < 1.29 is 19.8 Å². The Hall–Kier alpha value is -1.30. The Morgan fingerprint density at radius 3 is 2.71 bits per heavy atom. The van der Waals surface area contributed by atoms with Gasteiger partial charge in [0.15, 0.2) is 0 Å². The maximum atomic E-state index is 12.0. The maximum absolute atomic E-state index is 12.0. The smallest absolute Gasteiger partial charge is 0.326 e. The largest absolute Gasteiger partial charge is 0.480 e. The number of aliphatic hydroxyl groups is 1. The molecule has 0 aromatic heterocycles. The lowest BCUT2D eigenvalue weighted by atomic mass is 10.2. The molecule has 1 saturated heterocycles. The second-order valence-electron chi connectivity index (χ2n) is 4.53. The molecule has 0 aromatic carbocycles. The van der Waals surface area contributed by atoms with Gasteiger partial charge in [-0.05, 0) is 26.2 Å². The van der Waals surface area contributed by atoms with E-state index >= 15 is 0 Å². The van der Waals surface area contributed by atoms with Gasteiger partial charge in [-0.1, -0.05) is 0 Å². The maximum Gasteiger partial charge on any atom is 0.326 e. The van der Waals surface area contributed by atoms with Crippen LogP contribution in [0.1, 0.15) is 26.2 Å². The number of nitrogens with zero attached hydrogens (tertiary/aromatic N) is 2. The van der Waals surface area contributed by atoms with Gasteiger partial charge in [0, 0.05) is 20.1 Å². The molecule has 0 spiro atoms. The molecule has 17 heavy (non-hydrogen) atoms. The second kappa shape index (κ2) is 5.86. The summed E-state index contributed by atoms with van der Waals surface area (Å²) in [4.78, 5) is 25.8. The molecule has 1 aliphatic rings. The van der Waals surface area contributed by atoms with Gasteiger partial charge in [0.05, 0.1) is 6.10 Å². The van der Waals surface area contributed by atoms with Gasteiger partial charge in [-0.3, -0.25) is 0 Å². The molecule has 1 aliphatic heterocycles. The average molecular weight is 244 g/mol. The van der Waals surface area contributed by atoms with Crippen LogP contribution in [0.2, 0.25) is 0 Å². The Kier molecular flexibility index (Phi) is 4.74. The Morgan fingerprint density at radius 1 is 1.53 bits per heavy atom. The van der Waals surface area contributed by atoms with E-state index in [1.54, 1.807) is 14.0 Å². The minimum atomic E-state index is -0.945. The zero-order valence-corrected chi connectivity index (χ0v) is 10.3. The van der Waals surface area contributed by atoms with Gasteiger partial charge >= 0.3 is 12.0 Å². The van der Waals surface area contributed by atoms with E-state index in [2.05, 4.69) is 0 Å². The van der Waals surface area contributed by atoms with Gasteiger partial charge in [-0.25, -0.2) is 9.59 Å². The molecule has 0 aliphatic carbocycles. The highest BCUT2D eigenvalue weighted by atomic mass is 16.4. The van der Waals surface area contributed by atoms with E-state index in [9.17, 15) is 9.59 Å². The molecule has 1 unspecified atom stereocenters. The Balaban J connectivity index is 2.53. The van der Waals surface area contributed by atoms with Crippen molar-refractivity contribution in [3.63, 3.8) is 0 Å². The predicted molar refractivity (Wildman–Crippen MR) is 61.7 cm³/mol. The summed E-state index contributed by atoms with van der Waals surface area (Å²) in [6.45, 7) is 2.59. The van der Waals surface area contributed by atoms with Gasteiger partial charge in [-0.15, -0.1) is 0 Å². The fourth-order valence-corrected chi connectivity index (χ4v) is 1.95. The third-order valence-electron chi connectivity index (χ3n) is 2.99. The molecule has 0 saturated carbocycles. The summed E-state index contributed by atoms with van der Waals surface area (Å²) in [6.07, 6.45) is 1.28. The Labute approximate surface area is 101 Å². The van der Waals surface area contributed by atoms with Crippen molar-refractivity contribution in [3.05, 3.63) is 0 Å². The number of urea groups is 1. The molecule has 0 radical (unpaired) electrons. The van der Waals surface area contributed by atoms with Gasteiger partial charge in [0.2, 0.25) is 0 Å². The summed E-state index contributed by atoms with van der Waals surface area (Å²) in [5.41, 5.74) is 0. The molecular weight excluding hydrogens is 224 g/mol. The van der Waals surface area contributed by atoms with E-state index in [0.717, 1.165) is 6.42 Å². The van der Waals surface area contributed by atoms with Crippen molar-refractivity contribution >= 4 is 12.0 Å². The minimum Gasteiger partial charge on any atom is -0.480 e. The quantitative estimate of drug-likeness (QED) is 0.748. The highest BCUT2D eigenvalue weighted by Gasteiger charge is 2.35. The number of amides is 2. The van der Waals surface area contributed by atoms with Crippen LogP contribution in [-0.4, -0.2) is 64.3 Å². The average Bonchev–Trinajstić information content (AvgIpc) is 2.73. The first-order valence-electron chi connectivity index (χ1n) is 5.86. The fraction of sp³-hybridized carbons (Fsp3) is 0.818. The number of likely N-dealkylation sites (tertiary alicyclic amines) is 1. The molecule has 1 fully saturated rings. The van der Waals surface area contributed by atoms with Crippen LogP contribution in [0.4, 0.5) is 4.79 Å². The van der Waals surface area contributed by atoms with Crippen LogP contribution in [0.15, 0.2) is 0 Å². The van der Waals surface area contributed by atoms with Crippen LogP contribution in [0.25, 0.3) is 0 Å². The summed E-state index contributed by atoms with van der Waals surface area (Å²) < 4.78 is 0. The van der Waals surface area contributed by atoms with Crippen LogP contribution < -0.4 is 0 Å². The predicted octanol–water partition coefficient (Wildman–Crippen LogP) is 0.358. The Bertz CT molecular complexity index is 293. The molecule has 0 aromatic rings. The van der Waals surface area contributed by atoms with Gasteiger partial charge in [-0.2, -0.15) is 0 Å². The summed E-state index contributed by atoms with van der Waals surface area (Å²) in [7, 11) is 1.63. The van der Waals surface area contributed by atoms with Crippen LogP contribution in [0, 0.1) is 0 Å². The molecular formula is C11H20N2O4. The minimum absolute atomic E-state index is 0.268. The highest BCUT2D eigenvalue weighted by molar-refractivity contribution is 5.83. The van der Waals surface area contributed by atoms with Gasteiger partial charge in [0.25, 0.3) is 0 Å². The zero-order valence-electron chi connectivity index (χ0n) is 10.3. The molecule has 6 heteroatoms. The van der Waals surface area contributed by atoms with Crippen molar-refractivity contribution in [2.45, 2.75) is 38.3 Å². The lowest BCUT2D eigenvalue weighted by Gasteiger charge is -2.27. The first kappa shape index (κ1) is 13.8. The van der Waals surface area contributed by atoms with E-state index in [1.165, 1.54) is 9.80 Å². The standard InChI is InChI=1S/C11H20N2O4/c1-8(14)5-7-12(2)11(17)13-6-3-4-9(13)10(15)16/h8-9,14H,3-7H2,1-2H3,(H,15,16)/t8?,9-/m0/s1. The Morgan fingerprint density at radius 2 is 2.18 bits per heavy atom. The number of rotatable bonds is 4. The fourth-order valence-electron chi connectivity index (χ4n) is 1.95. The SMILES string of the molecule is CC(O)CCN(C)C(=O)N1CCC[C@H]1C(=O)O. The molecule has 2 amide bonds. The summed E-state index contributed by atoms with van der Waals surface area (Å²) >= 11 is 0. The first-order chi connectivity index (χ1) is 7.93. The van der Waals surface area contributed by atoms with Crippen molar-refractivity contribution in [1.29, 1.82) is 0 Å². The number of carboxylic acid groups (broad SMARTS) is 1. The van der Waals surface area contributed by atoms with Crippen LogP contribution >= 0.6 is 0 Å². The van der Waals surface area contributed by atoms with Gasteiger partial charge < -0.3 is 20.0 Å². The molecule has 1 heterocycles. The summed E-state index contributed by atoms with van der Waals surface area (Å²) in [5.74, 6) is -0.945. The van der Waals surface area contributed by atoms with Crippen LogP contribution in [0.3, 0.4) is 0 Å². The zero-order chi connectivity index (χ0) is 13.0. The van der Waals surface area contributed by atoms with E-state index in [0.29, 0.717) is 25.9 Å². The van der Waals surface area contributed by atoms with Crippen LogP contribution in [-0.2, 0) is 4.79 Å². The first-order valence-corrected chi connectivity index (χ1v) is 5.86. The van der Waals surface area contributed by atoms with Crippen molar-refractivity contribution in [3.8, 4) is 0 Å². The van der Waals surface area contributed by atoms with E-state index in [1.807, 2.05) is 0 Å². The normalized spacial score (nSPS) is 21.4. The van der Waals surface area contributed by atoms with Crippen molar-refractivity contribution in [2.75, 3.05) is 20.1 Å². The number of carboxylic acids is 1. The number of aliphatic hydroxyl groups excluding tert-OH is 1. The lowest BCUT2D eigenvalue weighted by Crippen LogP contribution is -2.47. The molecule has 98 valence electrons. The number of hydrogen-bond acceptors (Lipinski definition) is 3. The van der Waals surface area contributed by atoms with Crippen LogP contribution in [0.5, 0.6) is 0 Å². The molecule has 6 nitrogen and oxygen atoms in total. The van der Waals surface area contributed by atoms with E-state index < -0.39 is 18.1 Å².